The maximum atomic E-state index is 13.6. The molecule has 0 aliphatic carbocycles. The highest BCUT2D eigenvalue weighted by atomic mass is 19.1. The quantitative estimate of drug-likeness (QED) is 0.747. The molecule has 1 N–H and O–H groups in total. The van der Waals surface area contributed by atoms with Crippen LogP contribution >= 0.6 is 0 Å². The van der Waals surface area contributed by atoms with Crippen LogP contribution in [0, 0.1) is 5.82 Å². The van der Waals surface area contributed by atoms with Crippen LogP contribution in [-0.2, 0) is 6.54 Å². The number of pyridine rings is 1. The Labute approximate surface area is 102 Å². The van der Waals surface area contributed by atoms with Crippen molar-refractivity contribution >= 4 is 11.0 Å². The lowest BCUT2D eigenvalue weighted by Crippen LogP contribution is -2.08. The lowest BCUT2D eigenvalue weighted by atomic mass is 10.2. The Bertz CT molecular complexity index is 760. The average Bonchev–Trinajstić information content (AvgIpc) is 2.70. The highest BCUT2D eigenvalue weighted by molar-refractivity contribution is 5.73. The Morgan fingerprint density at radius 1 is 1.22 bits per heavy atom. The smallest absolute Gasteiger partial charge is 0.267 e. The summed E-state index contributed by atoms with van der Waals surface area (Å²) in [6, 6.07) is 9.86. The van der Waals surface area contributed by atoms with Crippen LogP contribution in [0.5, 0.6) is 0 Å². The van der Waals surface area contributed by atoms with Crippen LogP contribution in [0.4, 0.5) is 4.39 Å². The third kappa shape index (κ3) is 1.69. The van der Waals surface area contributed by atoms with Crippen LogP contribution in [0.15, 0.2) is 47.4 Å². The molecule has 0 bridgehead atoms. The van der Waals surface area contributed by atoms with Gasteiger partial charge in [-0.3, -0.25) is 14.6 Å². The van der Waals surface area contributed by atoms with Gasteiger partial charge in [-0.25, -0.2) is 9.37 Å². The number of halogens is 1. The second-order valence-corrected chi connectivity index (χ2v) is 3.99. The van der Waals surface area contributed by atoms with Crippen molar-refractivity contribution in [3.05, 3.63) is 64.3 Å². The summed E-state index contributed by atoms with van der Waals surface area (Å²) in [6.07, 6.45) is 1.60. The maximum Gasteiger partial charge on any atom is 0.273 e. The molecule has 90 valence electrons. The molecule has 0 saturated carbocycles. The molecule has 0 unspecified atom stereocenters. The summed E-state index contributed by atoms with van der Waals surface area (Å²) in [5.74, 6) is -0.295. The predicted octanol–water partition coefficient (Wildman–Crippen LogP) is 1.91. The summed E-state index contributed by atoms with van der Waals surface area (Å²) in [7, 11) is 0. The summed E-state index contributed by atoms with van der Waals surface area (Å²) in [6.45, 7) is 0.252. The van der Waals surface area contributed by atoms with Gasteiger partial charge in [0.2, 0.25) is 0 Å². The second kappa shape index (κ2) is 4.10. The van der Waals surface area contributed by atoms with Gasteiger partial charge >= 0.3 is 0 Å². The van der Waals surface area contributed by atoms with Gasteiger partial charge in [0, 0.05) is 11.8 Å². The monoisotopic (exact) mass is 243 g/mol. The molecule has 5 heteroatoms. The largest absolute Gasteiger partial charge is 0.273 e. The fraction of sp³-hybridized carbons (Fsp3) is 0.0769. The fourth-order valence-corrected chi connectivity index (χ4v) is 1.94. The van der Waals surface area contributed by atoms with E-state index >= 15 is 0 Å². The lowest BCUT2D eigenvalue weighted by Gasteiger charge is -2.04. The molecular weight excluding hydrogens is 233 g/mol. The zero-order chi connectivity index (χ0) is 12.5. The average molecular weight is 243 g/mol. The first-order valence-corrected chi connectivity index (χ1v) is 5.52. The third-order valence-electron chi connectivity index (χ3n) is 2.81. The van der Waals surface area contributed by atoms with Gasteiger partial charge in [-0.05, 0) is 18.2 Å². The number of benzene rings is 1. The minimum Gasteiger partial charge on any atom is -0.267 e. The van der Waals surface area contributed by atoms with Crippen molar-refractivity contribution in [3.8, 4) is 0 Å². The van der Waals surface area contributed by atoms with Gasteiger partial charge in [0.05, 0.1) is 11.9 Å². The third-order valence-corrected chi connectivity index (χ3v) is 2.81. The molecule has 0 saturated heterocycles. The van der Waals surface area contributed by atoms with Crippen molar-refractivity contribution < 1.29 is 4.39 Å². The number of aromatic amines is 1. The molecule has 18 heavy (non-hydrogen) atoms. The first-order valence-electron chi connectivity index (χ1n) is 5.52. The van der Waals surface area contributed by atoms with Crippen molar-refractivity contribution in [2.75, 3.05) is 0 Å². The van der Waals surface area contributed by atoms with E-state index in [-0.39, 0.29) is 17.9 Å². The van der Waals surface area contributed by atoms with Crippen molar-refractivity contribution in [1.82, 2.24) is 14.8 Å². The van der Waals surface area contributed by atoms with Crippen molar-refractivity contribution in [2.45, 2.75) is 6.54 Å². The standard InChI is InChI=1S/C13H10FN3O/c14-11-6-2-1-4-9(11)8-17-12-10(13(18)16-17)5-3-7-15-12/h1-7H,8H2,(H,16,18). The van der Waals surface area contributed by atoms with Gasteiger partial charge in [-0.2, -0.15) is 0 Å². The van der Waals surface area contributed by atoms with Crippen LogP contribution in [-0.4, -0.2) is 14.8 Å². The zero-order valence-corrected chi connectivity index (χ0v) is 9.43. The Morgan fingerprint density at radius 3 is 2.89 bits per heavy atom. The van der Waals surface area contributed by atoms with E-state index in [9.17, 15) is 9.18 Å². The SMILES string of the molecule is O=c1[nH]n(Cc2ccccc2F)c2ncccc12. The lowest BCUT2D eigenvalue weighted by molar-refractivity contribution is 0.588. The van der Waals surface area contributed by atoms with E-state index in [1.807, 2.05) is 0 Å². The number of H-pyrrole nitrogens is 1. The minimum absolute atomic E-state index is 0.213. The number of nitrogens with zero attached hydrogens (tertiary/aromatic N) is 2. The topological polar surface area (TPSA) is 50.7 Å². The van der Waals surface area contributed by atoms with E-state index < -0.39 is 0 Å². The molecule has 4 nitrogen and oxygen atoms in total. The molecule has 3 rings (SSSR count). The molecule has 3 aromatic rings. The first-order chi connectivity index (χ1) is 8.75. The van der Waals surface area contributed by atoms with Crippen LogP contribution in [0.25, 0.3) is 11.0 Å². The summed E-state index contributed by atoms with van der Waals surface area (Å²) in [5, 5.41) is 3.17. The molecule has 0 aliphatic rings. The molecule has 2 heterocycles. The van der Waals surface area contributed by atoms with E-state index in [0.29, 0.717) is 16.6 Å². The van der Waals surface area contributed by atoms with Crippen LogP contribution < -0.4 is 5.56 Å². The van der Waals surface area contributed by atoms with Crippen LogP contribution in [0.2, 0.25) is 0 Å². The molecule has 0 aliphatic heterocycles. The van der Waals surface area contributed by atoms with E-state index in [1.165, 1.54) is 6.07 Å². The Morgan fingerprint density at radius 2 is 2.06 bits per heavy atom. The Kier molecular flexibility index (Phi) is 2.44. The summed E-state index contributed by atoms with van der Waals surface area (Å²) in [4.78, 5) is 15.8. The van der Waals surface area contributed by atoms with E-state index in [0.717, 1.165) is 0 Å². The van der Waals surface area contributed by atoms with Crippen LogP contribution in [0.1, 0.15) is 5.56 Å². The molecule has 2 aromatic heterocycles. The number of nitrogens with one attached hydrogen (secondary N) is 1. The van der Waals surface area contributed by atoms with Gasteiger partial charge in [0.1, 0.15) is 5.82 Å². The van der Waals surface area contributed by atoms with Gasteiger partial charge in [-0.1, -0.05) is 18.2 Å². The molecule has 0 atom stereocenters. The molecular formula is C13H10FN3O. The second-order valence-electron chi connectivity index (χ2n) is 3.99. The highest BCUT2D eigenvalue weighted by Crippen LogP contribution is 2.11. The number of hydrogen-bond donors (Lipinski definition) is 1. The normalized spacial score (nSPS) is 10.9. The van der Waals surface area contributed by atoms with E-state index in [1.54, 1.807) is 41.2 Å². The maximum absolute atomic E-state index is 13.6. The Hall–Kier alpha value is -2.43. The van der Waals surface area contributed by atoms with Crippen molar-refractivity contribution in [3.63, 3.8) is 0 Å². The molecule has 1 aromatic carbocycles. The first kappa shape index (κ1) is 10.7. The zero-order valence-electron chi connectivity index (χ0n) is 9.43. The van der Waals surface area contributed by atoms with Gasteiger partial charge < -0.3 is 0 Å². The molecule has 0 fully saturated rings. The molecule has 0 spiro atoms. The van der Waals surface area contributed by atoms with Gasteiger partial charge in [-0.15, -0.1) is 0 Å². The van der Waals surface area contributed by atoms with E-state index in [2.05, 4.69) is 10.1 Å². The van der Waals surface area contributed by atoms with Crippen molar-refractivity contribution in [1.29, 1.82) is 0 Å². The Balaban J connectivity index is 2.11. The minimum atomic E-state index is -0.295. The highest BCUT2D eigenvalue weighted by Gasteiger charge is 2.08. The van der Waals surface area contributed by atoms with E-state index in [4.69, 9.17) is 0 Å². The number of rotatable bonds is 2. The molecule has 0 radical (unpaired) electrons. The fourth-order valence-electron chi connectivity index (χ4n) is 1.94. The summed E-state index contributed by atoms with van der Waals surface area (Å²) < 4.78 is 15.1. The summed E-state index contributed by atoms with van der Waals surface area (Å²) >= 11 is 0. The number of fused-ring (bicyclic) bond motifs is 1. The summed E-state index contributed by atoms with van der Waals surface area (Å²) in [5.41, 5.74) is 0.830. The van der Waals surface area contributed by atoms with Gasteiger partial charge in [0.15, 0.2) is 5.65 Å². The molecule has 0 amide bonds. The van der Waals surface area contributed by atoms with Crippen molar-refractivity contribution in [2.24, 2.45) is 0 Å². The predicted molar refractivity (Wildman–Crippen MR) is 65.9 cm³/mol. The van der Waals surface area contributed by atoms with Gasteiger partial charge in [0.25, 0.3) is 5.56 Å². The van der Waals surface area contributed by atoms with Crippen LogP contribution in [0.3, 0.4) is 0 Å². The number of hydrogen-bond acceptors (Lipinski definition) is 2. The number of aromatic nitrogens is 3.